The fraction of sp³-hybridized carbons (Fsp3) is 0.900. The van der Waals surface area contributed by atoms with Crippen molar-refractivity contribution in [2.45, 2.75) is 38.8 Å². The van der Waals surface area contributed by atoms with Crippen LogP contribution in [-0.2, 0) is 4.74 Å². The Hall–Kier alpha value is -0.190. The van der Waals surface area contributed by atoms with Gasteiger partial charge in [0.25, 0.3) is 0 Å². The van der Waals surface area contributed by atoms with Gasteiger partial charge in [0, 0.05) is 13.1 Å². The maximum absolute atomic E-state index is 5.71. The third-order valence-electron chi connectivity index (χ3n) is 2.78. The molecule has 0 amide bonds. The monoisotopic (exact) mass is 216 g/mol. The number of hydrogen-bond acceptors (Lipinski definition) is 3. The second-order valence-electron chi connectivity index (χ2n) is 3.72. The van der Waals surface area contributed by atoms with E-state index in [2.05, 4.69) is 18.7 Å². The lowest BCUT2D eigenvalue weighted by Crippen LogP contribution is -2.51. The van der Waals surface area contributed by atoms with Gasteiger partial charge < -0.3 is 10.5 Å². The molecule has 82 valence electrons. The van der Waals surface area contributed by atoms with Crippen LogP contribution in [0.15, 0.2) is 0 Å². The van der Waals surface area contributed by atoms with Crippen LogP contribution in [-0.4, -0.2) is 41.7 Å². The van der Waals surface area contributed by atoms with E-state index in [1.54, 1.807) is 0 Å². The first-order valence-electron chi connectivity index (χ1n) is 5.34. The molecule has 1 aliphatic rings. The summed E-state index contributed by atoms with van der Waals surface area (Å²) in [6, 6.07) is 0.253. The molecule has 1 heterocycles. The van der Waals surface area contributed by atoms with Crippen molar-refractivity contribution in [3.8, 4) is 0 Å². The molecule has 1 rings (SSSR count). The van der Waals surface area contributed by atoms with Crippen molar-refractivity contribution in [3.63, 3.8) is 0 Å². The van der Waals surface area contributed by atoms with Gasteiger partial charge in [-0.05, 0) is 12.8 Å². The Kier molecular flexibility index (Phi) is 4.78. The lowest BCUT2D eigenvalue weighted by atomic mass is 10.1. The molecule has 1 saturated heterocycles. The third-order valence-corrected chi connectivity index (χ3v) is 3.05. The molecule has 0 saturated carbocycles. The number of hydrogen-bond donors (Lipinski definition) is 1. The average molecular weight is 216 g/mol. The van der Waals surface area contributed by atoms with Crippen molar-refractivity contribution in [1.82, 2.24) is 4.90 Å². The van der Waals surface area contributed by atoms with Gasteiger partial charge in [-0.25, -0.2) is 0 Å². The van der Waals surface area contributed by atoms with Crippen LogP contribution in [0.4, 0.5) is 0 Å². The molecule has 1 fully saturated rings. The maximum atomic E-state index is 5.71. The van der Waals surface area contributed by atoms with E-state index < -0.39 is 0 Å². The van der Waals surface area contributed by atoms with E-state index in [1.807, 2.05) is 0 Å². The van der Waals surface area contributed by atoms with Gasteiger partial charge in [0.1, 0.15) is 0 Å². The maximum Gasteiger partial charge on any atom is 0.0901 e. The summed E-state index contributed by atoms with van der Waals surface area (Å²) < 4.78 is 5.61. The number of rotatable bonds is 4. The highest BCUT2D eigenvalue weighted by Crippen LogP contribution is 2.13. The van der Waals surface area contributed by atoms with Crippen molar-refractivity contribution in [1.29, 1.82) is 0 Å². The molecule has 0 aromatic heterocycles. The first-order chi connectivity index (χ1) is 6.69. The Labute approximate surface area is 91.6 Å². The van der Waals surface area contributed by atoms with Gasteiger partial charge in [-0.2, -0.15) is 0 Å². The SMILES string of the molecule is CCC1CN(C(CC)C(N)=S)CCO1. The predicted molar refractivity (Wildman–Crippen MR) is 62.5 cm³/mol. The Morgan fingerprint density at radius 2 is 2.36 bits per heavy atom. The zero-order valence-corrected chi connectivity index (χ0v) is 9.85. The molecule has 4 heteroatoms. The van der Waals surface area contributed by atoms with Crippen LogP contribution in [0.3, 0.4) is 0 Å². The van der Waals surface area contributed by atoms with Crippen LogP contribution in [0.2, 0.25) is 0 Å². The molecular weight excluding hydrogens is 196 g/mol. The van der Waals surface area contributed by atoms with Crippen LogP contribution >= 0.6 is 12.2 Å². The van der Waals surface area contributed by atoms with E-state index in [4.69, 9.17) is 22.7 Å². The molecule has 0 aromatic rings. The Morgan fingerprint density at radius 3 is 2.86 bits per heavy atom. The standard InChI is InChI=1S/C10H20N2OS/c1-3-8-7-12(5-6-13-8)9(4-2)10(11)14/h8-9H,3-7H2,1-2H3,(H2,11,14). The van der Waals surface area contributed by atoms with Crippen molar-refractivity contribution in [2.75, 3.05) is 19.7 Å². The third kappa shape index (κ3) is 2.90. The molecule has 3 nitrogen and oxygen atoms in total. The highest BCUT2D eigenvalue weighted by atomic mass is 32.1. The molecule has 2 N–H and O–H groups in total. The molecule has 2 atom stereocenters. The van der Waals surface area contributed by atoms with Crippen LogP contribution < -0.4 is 5.73 Å². The van der Waals surface area contributed by atoms with Crippen LogP contribution in [0.5, 0.6) is 0 Å². The van der Waals surface area contributed by atoms with Gasteiger partial charge in [-0.3, -0.25) is 4.90 Å². The molecule has 14 heavy (non-hydrogen) atoms. The number of ether oxygens (including phenoxy) is 1. The van der Waals surface area contributed by atoms with E-state index in [0.29, 0.717) is 11.1 Å². The van der Waals surface area contributed by atoms with Crippen molar-refractivity contribution >= 4 is 17.2 Å². The molecule has 0 radical (unpaired) electrons. The van der Waals surface area contributed by atoms with Crippen molar-refractivity contribution in [3.05, 3.63) is 0 Å². The smallest absolute Gasteiger partial charge is 0.0901 e. The van der Waals surface area contributed by atoms with Crippen LogP contribution in [0, 0.1) is 0 Å². The van der Waals surface area contributed by atoms with Gasteiger partial charge in [-0.1, -0.05) is 26.1 Å². The van der Waals surface area contributed by atoms with Crippen molar-refractivity contribution in [2.24, 2.45) is 5.73 Å². The number of thiocarbonyl (C=S) groups is 1. The number of nitrogens with zero attached hydrogens (tertiary/aromatic N) is 1. The summed E-state index contributed by atoms with van der Waals surface area (Å²) in [5.74, 6) is 0. The van der Waals surface area contributed by atoms with E-state index in [9.17, 15) is 0 Å². The van der Waals surface area contributed by atoms with Gasteiger partial charge >= 0.3 is 0 Å². The van der Waals surface area contributed by atoms with Gasteiger partial charge in [0.05, 0.1) is 23.7 Å². The minimum Gasteiger partial charge on any atom is -0.392 e. The Bertz CT molecular complexity index is 199. The van der Waals surface area contributed by atoms with Crippen LogP contribution in [0.1, 0.15) is 26.7 Å². The quantitative estimate of drug-likeness (QED) is 0.716. The summed E-state index contributed by atoms with van der Waals surface area (Å²) in [6.07, 6.45) is 2.41. The highest BCUT2D eigenvalue weighted by molar-refractivity contribution is 7.80. The minimum absolute atomic E-state index is 0.253. The highest BCUT2D eigenvalue weighted by Gasteiger charge is 2.25. The first kappa shape index (κ1) is 11.9. The molecule has 0 aromatic carbocycles. The normalized spacial score (nSPS) is 26.0. The molecule has 0 spiro atoms. The van der Waals surface area contributed by atoms with E-state index >= 15 is 0 Å². The van der Waals surface area contributed by atoms with Gasteiger partial charge in [0.15, 0.2) is 0 Å². The second kappa shape index (κ2) is 5.63. The summed E-state index contributed by atoms with van der Waals surface area (Å²) in [5.41, 5.74) is 5.71. The molecule has 2 unspecified atom stereocenters. The lowest BCUT2D eigenvalue weighted by Gasteiger charge is -2.37. The number of nitrogens with two attached hydrogens (primary N) is 1. The molecule has 0 aliphatic carbocycles. The summed E-state index contributed by atoms with van der Waals surface area (Å²) in [4.78, 5) is 2.96. The zero-order chi connectivity index (χ0) is 10.6. The average Bonchev–Trinajstić information content (AvgIpc) is 2.19. The van der Waals surface area contributed by atoms with Crippen LogP contribution in [0.25, 0.3) is 0 Å². The second-order valence-corrected chi connectivity index (χ2v) is 4.19. The molecular formula is C10H20N2OS. The van der Waals surface area contributed by atoms with E-state index in [1.165, 1.54) is 0 Å². The first-order valence-corrected chi connectivity index (χ1v) is 5.74. The fourth-order valence-electron chi connectivity index (χ4n) is 1.91. The van der Waals surface area contributed by atoms with Gasteiger partial charge in [0.2, 0.25) is 0 Å². The van der Waals surface area contributed by atoms with E-state index in [-0.39, 0.29) is 6.04 Å². The largest absolute Gasteiger partial charge is 0.392 e. The summed E-state index contributed by atoms with van der Waals surface area (Å²) in [6.45, 7) is 6.99. The summed E-state index contributed by atoms with van der Waals surface area (Å²) >= 11 is 5.07. The van der Waals surface area contributed by atoms with E-state index in [0.717, 1.165) is 32.5 Å². The number of morpholine rings is 1. The fourth-order valence-corrected chi connectivity index (χ4v) is 2.23. The summed E-state index contributed by atoms with van der Waals surface area (Å²) in [7, 11) is 0. The Balaban J connectivity index is 2.53. The molecule has 1 aliphatic heterocycles. The minimum atomic E-state index is 0.253. The Morgan fingerprint density at radius 1 is 1.64 bits per heavy atom. The zero-order valence-electron chi connectivity index (χ0n) is 9.03. The topological polar surface area (TPSA) is 38.5 Å². The lowest BCUT2D eigenvalue weighted by molar-refractivity contribution is -0.0361. The van der Waals surface area contributed by atoms with Gasteiger partial charge in [-0.15, -0.1) is 0 Å². The van der Waals surface area contributed by atoms with Crippen molar-refractivity contribution < 1.29 is 4.74 Å². The summed E-state index contributed by atoms with van der Waals surface area (Å²) in [5, 5.41) is 0. The predicted octanol–water partition coefficient (Wildman–Crippen LogP) is 1.16. The molecule has 0 bridgehead atoms.